The van der Waals surface area contributed by atoms with Crippen LogP contribution in [0.1, 0.15) is 46.1 Å². The third kappa shape index (κ3) is 5.96. The second-order valence-electron chi connectivity index (χ2n) is 9.10. The van der Waals surface area contributed by atoms with Crippen molar-refractivity contribution >= 4 is 17.5 Å². The van der Waals surface area contributed by atoms with Gasteiger partial charge in [0.2, 0.25) is 0 Å². The number of carbonyl (C=O) groups excluding carboxylic acids is 1. The van der Waals surface area contributed by atoms with E-state index in [1.165, 1.54) is 6.07 Å². The smallest absolute Gasteiger partial charge is 0.410 e. The molecule has 0 bridgehead atoms. The summed E-state index contributed by atoms with van der Waals surface area (Å²) in [5.41, 5.74) is 9.21. The van der Waals surface area contributed by atoms with E-state index in [4.69, 9.17) is 15.5 Å². The quantitative estimate of drug-likeness (QED) is 0.612. The molecule has 0 aromatic heterocycles. The zero-order valence-corrected chi connectivity index (χ0v) is 19.3. The number of halogens is 1. The first kappa shape index (κ1) is 23.5. The molecule has 170 valence electrons. The first-order chi connectivity index (χ1) is 15.2. The van der Waals surface area contributed by atoms with E-state index < -0.39 is 5.60 Å². The number of rotatable bonds is 4. The van der Waals surface area contributed by atoms with Crippen molar-refractivity contribution in [3.63, 3.8) is 0 Å². The average molecular weight is 438 g/mol. The molecule has 1 aliphatic rings. The summed E-state index contributed by atoms with van der Waals surface area (Å²) in [4.78, 5) is 18.8. The van der Waals surface area contributed by atoms with Gasteiger partial charge in [-0.05, 0) is 70.4 Å². The molecule has 6 heteroatoms. The van der Waals surface area contributed by atoms with Crippen molar-refractivity contribution in [2.75, 3.05) is 13.1 Å². The van der Waals surface area contributed by atoms with Crippen LogP contribution in [0.15, 0.2) is 70.9 Å². The molecule has 1 aliphatic heterocycles. The number of aliphatic imine (C=N–C) groups is 1. The van der Waals surface area contributed by atoms with E-state index in [1.807, 2.05) is 58.0 Å². The number of allylic oxidation sites excluding steroid dienone is 2. The number of likely N-dealkylation sites (tertiary alicyclic amines) is 1. The summed E-state index contributed by atoms with van der Waals surface area (Å²) in [7, 11) is 0. The molecule has 1 heterocycles. The van der Waals surface area contributed by atoms with Crippen LogP contribution in [-0.4, -0.2) is 35.4 Å². The van der Waals surface area contributed by atoms with Gasteiger partial charge in [-0.2, -0.15) is 0 Å². The summed E-state index contributed by atoms with van der Waals surface area (Å²) in [5, 5.41) is 0. The fraction of sp³-hybridized carbons (Fsp3) is 0.385. The lowest BCUT2D eigenvalue weighted by Crippen LogP contribution is -2.42. The standard InChI is InChI=1S/C26H32FN3O2/c1-18(23(28)19-14-16-30(17-15-19)25(31)32-26(2,3)4)24(21-12-8-9-13-22(21)27)29-20-10-6-5-7-11-20/h5-13,19H,14-17,28H2,1-4H3/b23-18-,29-24?. The lowest BCUT2D eigenvalue weighted by molar-refractivity contribution is 0.0194. The fourth-order valence-electron chi connectivity index (χ4n) is 3.77. The predicted molar refractivity (Wildman–Crippen MR) is 126 cm³/mol. The number of ether oxygens (including phenoxy) is 1. The summed E-state index contributed by atoms with van der Waals surface area (Å²) < 4.78 is 20.2. The zero-order chi connectivity index (χ0) is 23.3. The van der Waals surface area contributed by atoms with Gasteiger partial charge in [0.15, 0.2) is 0 Å². The van der Waals surface area contributed by atoms with E-state index in [0.717, 1.165) is 24.1 Å². The van der Waals surface area contributed by atoms with Crippen molar-refractivity contribution in [3.8, 4) is 0 Å². The van der Waals surface area contributed by atoms with Crippen LogP contribution in [0.3, 0.4) is 0 Å². The molecule has 0 spiro atoms. The summed E-state index contributed by atoms with van der Waals surface area (Å²) in [6.07, 6.45) is 1.14. The number of piperidine rings is 1. The number of carbonyl (C=O) groups is 1. The van der Waals surface area contributed by atoms with E-state index >= 15 is 0 Å². The molecule has 0 unspecified atom stereocenters. The van der Waals surface area contributed by atoms with Gasteiger partial charge >= 0.3 is 6.09 Å². The third-order valence-corrected chi connectivity index (χ3v) is 5.50. The maximum Gasteiger partial charge on any atom is 0.410 e. The molecule has 3 rings (SSSR count). The van der Waals surface area contributed by atoms with Crippen molar-refractivity contribution in [3.05, 3.63) is 77.2 Å². The Morgan fingerprint density at radius 1 is 1.06 bits per heavy atom. The van der Waals surface area contributed by atoms with Gasteiger partial charge in [0.1, 0.15) is 11.4 Å². The van der Waals surface area contributed by atoms with Crippen LogP contribution in [0.2, 0.25) is 0 Å². The topological polar surface area (TPSA) is 67.9 Å². The number of hydrogen-bond donors (Lipinski definition) is 1. The Morgan fingerprint density at radius 3 is 2.25 bits per heavy atom. The molecule has 2 aromatic rings. The molecule has 1 fully saturated rings. The van der Waals surface area contributed by atoms with Crippen molar-refractivity contribution in [1.82, 2.24) is 4.90 Å². The van der Waals surface area contributed by atoms with Gasteiger partial charge in [-0.1, -0.05) is 30.3 Å². The summed E-state index contributed by atoms with van der Waals surface area (Å²) in [6.45, 7) is 8.61. The maximum absolute atomic E-state index is 14.7. The monoisotopic (exact) mass is 437 g/mol. The molecule has 1 saturated heterocycles. The number of amides is 1. The number of hydrogen-bond acceptors (Lipinski definition) is 4. The van der Waals surface area contributed by atoms with Crippen LogP contribution in [0.25, 0.3) is 0 Å². The highest BCUT2D eigenvalue weighted by Gasteiger charge is 2.29. The third-order valence-electron chi connectivity index (χ3n) is 5.50. The van der Waals surface area contributed by atoms with Crippen LogP contribution in [0, 0.1) is 11.7 Å². The normalized spacial score (nSPS) is 16.5. The van der Waals surface area contributed by atoms with Crippen molar-refractivity contribution in [1.29, 1.82) is 0 Å². The van der Waals surface area contributed by atoms with Gasteiger partial charge in [-0.15, -0.1) is 0 Å². The number of nitrogens with zero attached hydrogens (tertiary/aromatic N) is 2. The SMILES string of the molecule is C/C(C(=Nc1ccccc1)c1ccccc1F)=C(/N)C1CCN(C(=O)OC(C)(C)C)CC1. The van der Waals surface area contributed by atoms with E-state index in [9.17, 15) is 9.18 Å². The molecule has 0 atom stereocenters. The van der Waals surface area contributed by atoms with Crippen LogP contribution in [0.4, 0.5) is 14.9 Å². The summed E-state index contributed by atoms with van der Waals surface area (Å²) in [6, 6.07) is 16.1. The van der Waals surface area contributed by atoms with Crippen molar-refractivity contribution < 1.29 is 13.9 Å². The Morgan fingerprint density at radius 2 is 1.66 bits per heavy atom. The highest BCUT2D eigenvalue weighted by atomic mass is 19.1. The molecule has 0 aliphatic carbocycles. The van der Waals surface area contributed by atoms with Gasteiger partial charge in [0.25, 0.3) is 0 Å². The highest BCUT2D eigenvalue weighted by molar-refractivity contribution is 6.13. The van der Waals surface area contributed by atoms with Crippen molar-refractivity contribution in [2.24, 2.45) is 16.6 Å². The molecule has 0 saturated carbocycles. The van der Waals surface area contributed by atoms with Gasteiger partial charge in [-0.25, -0.2) is 14.2 Å². The lowest BCUT2D eigenvalue weighted by atomic mass is 9.89. The highest BCUT2D eigenvalue weighted by Crippen LogP contribution is 2.28. The minimum atomic E-state index is -0.522. The maximum atomic E-state index is 14.7. The van der Waals surface area contributed by atoms with Crippen LogP contribution < -0.4 is 5.73 Å². The first-order valence-corrected chi connectivity index (χ1v) is 11.0. The molecule has 5 nitrogen and oxygen atoms in total. The number of nitrogens with two attached hydrogens (primary N) is 1. The molecular weight excluding hydrogens is 405 g/mol. The number of para-hydroxylation sites is 1. The second kappa shape index (κ2) is 9.98. The molecule has 2 aromatic carbocycles. The van der Waals surface area contributed by atoms with E-state index in [2.05, 4.69) is 0 Å². The molecular formula is C26H32FN3O2. The Balaban J connectivity index is 1.85. The molecule has 2 N–H and O–H groups in total. The zero-order valence-electron chi connectivity index (χ0n) is 19.3. The predicted octanol–water partition coefficient (Wildman–Crippen LogP) is 5.83. The molecule has 1 amide bonds. The van der Waals surface area contributed by atoms with Crippen LogP contribution in [0.5, 0.6) is 0 Å². The second-order valence-corrected chi connectivity index (χ2v) is 9.10. The Hall–Kier alpha value is -3.15. The van der Waals surface area contributed by atoms with Gasteiger partial charge < -0.3 is 15.4 Å². The lowest BCUT2D eigenvalue weighted by Gasteiger charge is -2.34. The van der Waals surface area contributed by atoms with Gasteiger partial charge in [-0.3, -0.25) is 0 Å². The fourth-order valence-corrected chi connectivity index (χ4v) is 3.77. The Kier molecular flexibility index (Phi) is 7.33. The average Bonchev–Trinajstić information content (AvgIpc) is 2.77. The van der Waals surface area contributed by atoms with Crippen molar-refractivity contribution in [2.45, 2.75) is 46.1 Å². The van der Waals surface area contributed by atoms with Crippen LogP contribution in [-0.2, 0) is 4.74 Å². The first-order valence-electron chi connectivity index (χ1n) is 11.0. The minimum absolute atomic E-state index is 0.0847. The van der Waals surface area contributed by atoms with E-state index in [0.29, 0.717) is 30.1 Å². The summed E-state index contributed by atoms with van der Waals surface area (Å²) in [5.74, 6) is -0.254. The van der Waals surface area contributed by atoms with Gasteiger partial charge in [0.05, 0.1) is 11.4 Å². The molecule has 32 heavy (non-hydrogen) atoms. The summed E-state index contributed by atoms with van der Waals surface area (Å²) >= 11 is 0. The van der Waals surface area contributed by atoms with E-state index in [-0.39, 0.29) is 17.8 Å². The van der Waals surface area contributed by atoms with Crippen LogP contribution >= 0.6 is 0 Å². The molecule has 0 radical (unpaired) electrons. The minimum Gasteiger partial charge on any atom is -0.444 e. The Labute approximate surface area is 189 Å². The van der Waals surface area contributed by atoms with E-state index in [1.54, 1.807) is 23.1 Å². The number of benzene rings is 2. The van der Waals surface area contributed by atoms with Gasteiger partial charge in [0, 0.05) is 30.3 Å². The largest absolute Gasteiger partial charge is 0.444 e. The Bertz CT molecular complexity index is 1000.